The highest BCUT2D eigenvalue weighted by Crippen LogP contribution is 2.24. The van der Waals surface area contributed by atoms with E-state index >= 15 is 0 Å². The van der Waals surface area contributed by atoms with Gasteiger partial charge in [0.2, 0.25) is 5.89 Å². The Morgan fingerprint density at radius 1 is 1.20 bits per heavy atom. The minimum absolute atomic E-state index is 0.432. The molecule has 4 N–H and O–H groups in total. The molecule has 0 aliphatic carbocycles. The van der Waals surface area contributed by atoms with Crippen LogP contribution in [0, 0.1) is 0 Å². The van der Waals surface area contributed by atoms with Gasteiger partial charge in [-0.1, -0.05) is 23.9 Å². The van der Waals surface area contributed by atoms with Crippen LogP contribution in [0.2, 0.25) is 0 Å². The zero-order valence-electron chi connectivity index (χ0n) is 16.9. The van der Waals surface area contributed by atoms with E-state index in [1.807, 2.05) is 44.2 Å². The van der Waals surface area contributed by atoms with Gasteiger partial charge in [0.1, 0.15) is 12.1 Å². The SMILES string of the molecule is CCN=C(NCC)Nc1ncncc1CSc1nnc(/C=C/c2ccc(N)cc2)o1. The van der Waals surface area contributed by atoms with Gasteiger partial charge in [0.25, 0.3) is 5.22 Å². The summed E-state index contributed by atoms with van der Waals surface area (Å²) in [5.41, 5.74) is 8.32. The van der Waals surface area contributed by atoms with Crippen molar-refractivity contribution in [2.75, 3.05) is 24.1 Å². The monoisotopic (exact) mass is 424 g/mol. The Labute approximate surface area is 179 Å². The van der Waals surface area contributed by atoms with E-state index in [9.17, 15) is 0 Å². The molecule has 2 aromatic heterocycles. The maximum Gasteiger partial charge on any atom is 0.277 e. The van der Waals surface area contributed by atoms with Crippen molar-refractivity contribution in [2.24, 2.45) is 4.99 Å². The zero-order chi connectivity index (χ0) is 21.2. The maximum atomic E-state index is 5.69. The minimum atomic E-state index is 0.432. The minimum Gasteiger partial charge on any atom is -0.412 e. The molecule has 0 saturated heterocycles. The molecule has 0 unspecified atom stereocenters. The number of hydrogen-bond donors (Lipinski definition) is 3. The van der Waals surface area contributed by atoms with Crippen LogP contribution in [-0.2, 0) is 5.75 Å². The summed E-state index contributed by atoms with van der Waals surface area (Å²) < 4.78 is 5.68. The highest BCUT2D eigenvalue weighted by molar-refractivity contribution is 7.98. The summed E-state index contributed by atoms with van der Waals surface area (Å²) in [5.74, 6) is 2.37. The summed E-state index contributed by atoms with van der Waals surface area (Å²) >= 11 is 1.41. The largest absolute Gasteiger partial charge is 0.412 e. The van der Waals surface area contributed by atoms with Gasteiger partial charge in [-0.05, 0) is 37.6 Å². The van der Waals surface area contributed by atoms with Crippen molar-refractivity contribution in [3.05, 3.63) is 53.8 Å². The standard InChI is InChI=1S/C20H24N8OS/c1-3-23-19(24-4-2)26-18-15(11-22-13-25-18)12-30-20-28-27-17(29-20)10-7-14-5-8-16(21)9-6-14/h5-11,13H,3-4,12,21H2,1-2H3,(H2,22,23,24,25,26)/b10-7+. The predicted octanol–water partition coefficient (Wildman–Crippen LogP) is 3.30. The van der Waals surface area contributed by atoms with Gasteiger partial charge < -0.3 is 20.8 Å². The van der Waals surface area contributed by atoms with Crippen LogP contribution in [0.1, 0.15) is 30.9 Å². The van der Waals surface area contributed by atoms with E-state index in [2.05, 4.69) is 35.8 Å². The first-order valence-electron chi connectivity index (χ1n) is 9.52. The molecule has 0 radical (unpaired) electrons. The quantitative estimate of drug-likeness (QED) is 0.216. The fourth-order valence-corrected chi connectivity index (χ4v) is 3.15. The van der Waals surface area contributed by atoms with Crippen LogP contribution >= 0.6 is 11.8 Å². The summed E-state index contributed by atoms with van der Waals surface area (Å²) in [6.07, 6.45) is 6.92. The number of aromatic nitrogens is 4. The zero-order valence-corrected chi connectivity index (χ0v) is 17.7. The Balaban J connectivity index is 1.62. The topological polar surface area (TPSA) is 127 Å². The summed E-state index contributed by atoms with van der Waals surface area (Å²) in [4.78, 5) is 12.8. The van der Waals surface area contributed by atoms with Crippen LogP contribution in [0.5, 0.6) is 0 Å². The lowest BCUT2D eigenvalue weighted by molar-refractivity contribution is 0.446. The second-order valence-corrected chi connectivity index (χ2v) is 7.00. The van der Waals surface area contributed by atoms with Gasteiger partial charge in [0.05, 0.1) is 0 Å². The first kappa shape index (κ1) is 21.3. The van der Waals surface area contributed by atoms with E-state index in [-0.39, 0.29) is 0 Å². The summed E-state index contributed by atoms with van der Waals surface area (Å²) in [7, 11) is 0. The number of guanidine groups is 1. The molecule has 156 valence electrons. The Morgan fingerprint density at radius 3 is 2.80 bits per heavy atom. The molecule has 0 spiro atoms. The summed E-state index contributed by atoms with van der Waals surface area (Å²) in [6, 6.07) is 7.53. The predicted molar refractivity (Wildman–Crippen MR) is 121 cm³/mol. The van der Waals surface area contributed by atoms with Crippen LogP contribution in [0.4, 0.5) is 11.5 Å². The lowest BCUT2D eigenvalue weighted by Crippen LogP contribution is -2.31. The van der Waals surface area contributed by atoms with Gasteiger partial charge in [-0.3, -0.25) is 4.99 Å². The van der Waals surface area contributed by atoms with E-state index in [4.69, 9.17) is 10.2 Å². The maximum absolute atomic E-state index is 5.69. The molecule has 9 nitrogen and oxygen atoms in total. The highest BCUT2D eigenvalue weighted by atomic mass is 32.2. The molecule has 10 heteroatoms. The lowest BCUT2D eigenvalue weighted by atomic mass is 10.2. The third-order valence-electron chi connectivity index (χ3n) is 3.81. The molecule has 0 amide bonds. The van der Waals surface area contributed by atoms with Crippen molar-refractivity contribution in [1.29, 1.82) is 0 Å². The van der Waals surface area contributed by atoms with Gasteiger partial charge in [-0.25, -0.2) is 9.97 Å². The number of thioether (sulfide) groups is 1. The Kier molecular flexibility index (Phi) is 7.78. The summed E-state index contributed by atoms with van der Waals surface area (Å²) in [6.45, 7) is 5.41. The molecule has 0 atom stereocenters. The second-order valence-electron chi connectivity index (χ2n) is 6.07. The molecule has 3 aromatic rings. The average Bonchev–Trinajstić information content (AvgIpc) is 3.21. The number of nitrogens with one attached hydrogen (secondary N) is 2. The van der Waals surface area contributed by atoms with Crippen molar-refractivity contribution in [2.45, 2.75) is 24.8 Å². The first-order chi connectivity index (χ1) is 14.7. The number of nitrogens with zero attached hydrogens (tertiary/aromatic N) is 5. The molecular weight excluding hydrogens is 400 g/mol. The van der Waals surface area contributed by atoms with Gasteiger partial charge >= 0.3 is 0 Å². The fourth-order valence-electron chi connectivity index (χ4n) is 2.41. The Morgan fingerprint density at radius 2 is 2.03 bits per heavy atom. The fraction of sp³-hybridized carbons (Fsp3) is 0.250. The molecule has 0 aliphatic heterocycles. The normalized spacial score (nSPS) is 11.7. The molecule has 30 heavy (non-hydrogen) atoms. The van der Waals surface area contributed by atoms with Crippen LogP contribution < -0.4 is 16.4 Å². The van der Waals surface area contributed by atoms with Crippen molar-refractivity contribution < 1.29 is 4.42 Å². The van der Waals surface area contributed by atoms with Crippen molar-refractivity contribution >= 4 is 41.4 Å². The lowest BCUT2D eigenvalue weighted by Gasteiger charge is -2.12. The summed E-state index contributed by atoms with van der Waals surface area (Å²) in [5, 5.41) is 15.0. The molecule has 1 aromatic carbocycles. The number of benzene rings is 1. The molecule has 0 fully saturated rings. The Bertz CT molecular complexity index is 1000. The van der Waals surface area contributed by atoms with Crippen LogP contribution in [0.3, 0.4) is 0 Å². The van der Waals surface area contributed by atoms with E-state index in [0.717, 1.165) is 23.4 Å². The van der Waals surface area contributed by atoms with Gasteiger partial charge in [0, 0.05) is 42.4 Å². The van der Waals surface area contributed by atoms with Gasteiger partial charge in [-0.2, -0.15) is 0 Å². The molecular formula is C20H24N8OS. The highest BCUT2D eigenvalue weighted by Gasteiger charge is 2.10. The van der Waals surface area contributed by atoms with Crippen molar-refractivity contribution in [3.8, 4) is 0 Å². The molecule has 3 rings (SSSR count). The third-order valence-corrected chi connectivity index (χ3v) is 4.68. The van der Waals surface area contributed by atoms with E-state index in [1.54, 1.807) is 12.3 Å². The van der Waals surface area contributed by atoms with Crippen molar-refractivity contribution in [3.63, 3.8) is 0 Å². The molecule has 0 saturated carbocycles. The molecule has 2 heterocycles. The second kappa shape index (κ2) is 11.0. The number of anilines is 2. The number of nitrogens with two attached hydrogens (primary N) is 1. The smallest absolute Gasteiger partial charge is 0.277 e. The average molecular weight is 425 g/mol. The number of aliphatic imine (C=N–C) groups is 1. The van der Waals surface area contributed by atoms with E-state index in [1.165, 1.54) is 18.1 Å². The third kappa shape index (κ3) is 6.31. The Hall–Kier alpha value is -3.40. The van der Waals surface area contributed by atoms with Gasteiger partial charge in [-0.15, -0.1) is 10.2 Å². The van der Waals surface area contributed by atoms with Crippen molar-refractivity contribution in [1.82, 2.24) is 25.5 Å². The first-order valence-corrected chi connectivity index (χ1v) is 10.5. The van der Waals surface area contributed by atoms with E-state index in [0.29, 0.717) is 35.2 Å². The molecule has 0 aliphatic rings. The van der Waals surface area contributed by atoms with Gasteiger partial charge in [0.15, 0.2) is 5.96 Å². The van der Waals surface area contributed by atoms with Crippen LogP contribution in [0.25, 0.3) is 12.2 Å². The van der Waals surface area contributed by atoms with Crippen LogP contribution in [-0.4, -0.2) is 39.2 Å². The number of hydrogen-bond acceptors (Lipinski definition) is 8. The van der Waals surface area contributed by atoms with E-state index < -0.39 is 0 Å². The number of rotatable bonds is 8. The van der Waals surface area contributed by atoms with Crippen LogP contribution in [0.15, 0.2) is 51.4 Å². The molecule has 0 bridgehead atoms. The number of nitrogen functional groups attached to an aromatic ring is 1.